The molecule has 0 aliphatic carbocycles. The van der Waals surface area contributed by atoms with E-state index in [2.05, 4.69) is 15.5 Å². The fourth-order valence-corrected chi connectivity index (χ4v) is 2.96. The van der Waals surface area contributed by atoms with Gasteiger partial charge in [-0.15, -0.1) is 10.2 Å². The molecule has 0 bridgehead atoms. The molecule has 1 aromatic heterocycles. The lowest BCUT2D eigenvalue weighted by Gasteiger charge is -2.17. The molecule has 0 saturated heterocycles. The monoisotopic (exact) mass is 379 g/mol. The summed E-state index contributed by atoms with van der Waals surface area (Å²) in [5.41, 5.74) is 2.35. The molecule has 0 fully saturated rings. The molecule has 1 heterocycles. The van der Waals surface area contributed by atoms with Crippen LogP contribution in [0.5, 0.6) is 0 Å². The van der Waals surface area contributed by atoms with E-state index >= 15 is 0 Å². The zero-order valence-corrected chi connectivity index (χ0v) is 14.9. The summed E-state index contributed by atoms with van der Waals surface area (Å²) in [5.74, 6) is 0.438. The average molecular weight is 380 g/mol. The number of nitrogens with zero attached hydrogens (tertiary/aromatic N) is 2. The highest BCUT2D eigenvalue weighted by atomic mass is 35.5. The summed E-state index contributed by atoms with van der Waals surface area (Å²) in [7, 11) is 0. The predicted molar refractivity (Wildman–Crippen MR) is 103 cm³/mol. The van der Waals surface area contributed by atoms with Gasteiger partial charge in [0.25, 0.3) is 0 Å². The van der Waals surface area contributed by atoms with Gasteiger partial charge in [-0.3, -0.25) is 0 Å². The van der Waals surface area contributed by atoms with Crippen LogP contribution >= 0.6 is 11.6 Å². The molecule has 1 N–H and O–H groups in total. The van der Waals surface area contributed by atoms with Crippen molar-refractivity contribution in [2.45, 2.75) is 6.04 Å². The van der Waals surface area contributed by atoms with E-state index in [1.165, 1.54) is 12.1 Å². The first kappa shape index (κ1) is 17.2. The second-order valence-electron chi connectivity index (χ2n) is 5.92. The van der Waals surface area contributed by atoms with E-state index < -0.39 is 0 Å². The van der Waals surface area contributed by atoms with E-state index in [1.807, 2.05) is 48.5 Å². The fraction of sp³-hybridized carbons (Fsp3) is 0.0476. The number of hydrogen-bond acceptors (Lipinski definition) is 4. The average Bonchev–Trinajstić information content (AvgIpc) is 3.18. The number of rotatable bonds is 5. The molecule has 0 unspecified atom stereocenters. The second-order valence-corrected chi connectivity index (χ2v) is 6.33. The van der Waals surface area contributed by atoms with Gasteiger partial charge in [-0.05, 0) is 42.0 Å². The number of anilines is 1. The number of benzene rings is 3. The van der Waals surface area contributed by atoms with E-state index in [4.69, 9.17) is 16.0 Å². The Labute approximate surface area is 160 Å². The first-order chi connectivity index (χ1) is 13.2. The van der Waals surface area contributed by atoms with Crippen LogP contribution in [-0.4, -0.2) is 10.2 Å². The van der Waals surface area contributed by atoms with Crippen LogP contribution in [0.15, 0.2) is 83.3 Å². The molecule has 0 aliphatic heterocycles. The topological polar surface area (TPSA) is 51.0 Å². The maximum Gasteiger partial charge on any atom is 0.249 e. The van der Waals surface area contributed by atoms with Gasteiger partial charge in [0.1, 0.15) is 11.9 Å². The van der Waals surface area contributed by atoms with Gasteiger partial charge in [0.15, 0.2) is 0 Å². The van der Waals surface area contributed by atoms with Crippen LogP contribution in [0.25, 0.3) is 11.5 Å². The van der Waals surface area contributed by atoms with Crippen molar-refractivity contribution in [3.63, 3.8) is 0 Å². The lowest BCUT2D eigenvalue weighted by molar-refractivity contribution is 0.494. The Kier molecular flexibility index (Phi) is 4.85. The molecule has 0 spiro atoms. The van der Waals surface area contributed by atoms with Crippen LogP contribution < -0.4 is 5.32 Å². The molecule has 4 nitrogen and oxygen atoms in total. The molecule has 0 amide bonds. The van der Waals surface area contributed by atoms with Gasteiger partial charge in [-0.25, -0.2) is 4.39 Å². The minimum Gasteiger partial charge on any atom is -0.418 e. The van der Waals surface area contributed by atoms with Crippen molar-refractivity contribution < 1.29 is 8.81 Å². The molecule has 0 saturated carbocycles. The zero-order chi connectivity index (χ0) is 18.6. The Hall–Kier alpha value is -3.18. The van der Waals surface area contributed by atoms with Gasteiger partial charge < -0.3 is 9.73 Å². The molecule has 6 heteroatoms. The van der Waals surface area contributed by atoms with E-state index in [1.54, 1.807) is 18.2 Å². The van der Waals surface area contributed by atoms with Crippen molar-refractivity contribution in [3.8, 4) is 11.5 Å². The highest BCUT2D eigenvalue weighted by Crippen LogP contribution is 2.31. The Morgan fingerprint density at radius 3 is 2.30 bits per heavy atom. The molecule has 3 aromatic carbocycles. The molecular weight excluding hydrogens is 365 g/mol. The smallest absolute Gasteiger partial charge is 0.249 e. The van der Waals surface area contributed by atoms with Crippen LogP contribution in [0.4, 0.5) is 10.1 Å². The maximum atomic E-state index is 13.2. The van der Waals surface area contributed by atoms with Gasteiger partial charge in [-0.1, -0.05) is 54.1 Å². The summed E-state index contributed by atoms with van der Waals surface area (Å²) in [5, 5.41) is 12.2. The third-order valence-corrected chi connectivity index (χ3v) is 4.41. The Bertz CT molecular complexity index is 1030. The summed E-state index contributed by atoms with van der Waals surface area (Å²) in [6, 6.07) is 22.7. The van der Waals surface area contributed by atoms with Gasteiger partial charge in [0.05, 0.1) is 10.6 Å². The number of aromatic nitrogens is 2. The van der Waals surface area contributed by atoms with Crippen molar-refractivity contribution in [1.82, 2.24) is 10.2 Å². The quantitative estimate of drug-likeness (QED) is 0.481. The number of nitrogens with one attached hydrogen (secondary N) is 1. The van der Waals surface area contributed by atoms with Crippen LogP contribution in [0.1, 0.15) is 17.5 Å². The van der Waals surface area contributed by atoms with E-state index in [0.717, 1.165) is 11.3 Å². The summed E-state index contributed by atoms with van der Waals surface area (Å²) in [6.07, 6.45) is 0. The van der Waals surface area contributed by atoms with E-state index in [-0.39, 0.29) is 11.9 Å². The minimum atomic E-state index is -0.389. The normalized spacial score (nSPS) is 11.9. The van der Waals surface area contributed by atoms with Crippen LogP contribution in [0.2, 0.25) is 5.02 Å². The van der Waals surface area contributed by atoms with Crippen LogP contribution in [0.3, 0.4) is 0 Å². The SMILES string of the molecule is Fc1ccc(N[C@H](c2ccccc2)c2nnc(-c3ccccc3Cl)o2)cc1. The fourth-order valence-electron chi connectivity index (χ4n) is 2.74. The van der Waals surface area contributed by atoms with Gasteiger partial charge >= 0.3 is 0 Å². The highest BCUT2D eigenvalue weighted by Gasteiger charge is 2.22. The van der Waals surface area contributed by atoms with Crippen molar-refractivity contribution in [2.75, 3.05) is 5.32 Å². The summed E-state index contributed by atoms with van der Waals surface area (Å²) in [6.45, 7) is 0. The maximum absolute atomic E-state index is 13.2. The standard InChI is InChI=1S/C21H15ClFN3O/c22-18-9-5-4-8-17(18)20-25-26-21(27-20)19(14-6-2-1-3-7-14)24-16-12-10-15(23)11-13-16/h1-13,19,24H/t19-/m1/s1. The lowest BCUT2D eigenvalue weighted by atomic mass is 10.1. The van der Waals surface area contributed by atoms with Gasteiger partial charge in [-0.2, -0.15) is 0 Å². The highest BCUT2D eigenvalue weighted by molar-refractivity contribution is 6.33. The molecule has 0 aliphatic rings. The minimum absolute atomic E-state index is 0.296. The third kappa shape index (κ3) is 3.83. The summed E-state index contributed by atoms with van der Waals surface area (Å²) < 4.78 is 19.1. The second kappa shape index (κ2) is 7.60. The van der Waals surface area contributed by atoms with Crippen LogP contribution in [0, 0.1) is 5.82 Å². The predicted octanol–water partition coefficient (Wildman–Crippen LogP) is 5.73. The zero-order valence-electron chi connectivity index (χ0n) is 14.1. The van der Waals surface area contributed by atoms with Crippen molar-refractivity contribution in [1.29, 1.82) is 0 Å². The summed E-state index contributed by atoms with van der Waals surface area (Å²) in [4.78, 5) is 0. The Balaban J connectivity index is 1.71. The Morgan fingerprint density at radius 1 is 0.852 bits per heavy atom. The van der Waals surface area contributed by atoms with Gasteiger partial charge in [0.2, 0.25) is 11.8 Å². The number of hydrogen-bond donors (Lipinski definition) is 1. The molecule has 0 radical (unpaired) electrons. The van der Waals surface area contributed by atoms with E-state index in [9.17, 15) is 4.39 Å². The molecule has 134 valence electrons. The van der Waals surface area contributed by atoms with E-state index in [0.29, 0.717) is 22.4 Å². The number of halogens is 2. The molecule has 27 heavy (non-hydrogen) atoms. The molecule has 4 rings (SSSR count). The van der Waals surface area contributed by atoms with Crippen molar-refractivity contribution in [2.24, 2.45) is 0 Å². The third-order valence-electron chi connectivity index (χ3n) is 4.08. The summed E-state index contributed by atoms with van der Waals surface area (Å²) >= 11 is 6.23. The first-order valence-electron chi connectivity index (χ1n) is 8.36. The van der Waals surface area contributed by atoms with Gasteiger partial charge in [0, 0.05) is 5.69 Å². The molecule has 4 aromatic rings. The molecule has 1 atom stereocenters. The molecular formula is C21H15ClFN3O. The van der Waals surface area contributed by atoms with Crippen LogP contribution in [-0.2, 0) is 0 Å². The Morgan fingerprint density at radius 2 is 1.56 bits per heavy atom. The lowest BCUT2D eigenvalue weighted by Crippen LogP contribution is -2.12. The van der Waals surface area contributed by atoms with Crippen molar-refractivity contribution in [3.05, 3.63) is 101 Å². The first-order valence-corrected chi connectivity index (χ1v) is 8.74. The van der Waals surface area contributed by atoms with Crippen molar-refractivity contribution >= 4 is 17.3 Å². The largest absolute Gasteiger partial charge is 0.418 e.